The average Bonchev–Trinajstić information content (AvgIpc) is 2.71. The lowest BCUT2D eigenvalue weighted by atomic mass is 10.3. The van der Waals surface area contributed by atoms with Crippen molar-refractivity contribution >= 4 is 23.4 Å². The van der Waals surface area contributed by atoms with Crippen LogP contribution in [0.2, 0.25) is 0 Å². The summed E-state index contributed by atoms with van der Waals surface area (Å²) in [4.78, 5) is 5.79. The highest BCUT2D eigenvalue weighted by Crippen LogP contribution is 2.20. The molecule has 1 aromatic heterocycles. The van der Waals surface area contributed by atoms with Crippen molar-refractivity contribution in [3.8, 4) is 0 Å². The molecule has 3 nitrogen and oxygen atoms in total. The van der Waals surface area contributed by atoms with Crippen molar-refractivity contribution in [3.63, 3.8) is 0 Å². The molecule has 0 amide bonds. The van der Waals surface area contributed by atoms with Gasteiger partial charge >= 0.3 is 0 Å². The topological polar surface area (TPSA) is 29.9 Å². The second-order valence-electron chi connectivity index (χ2n) is 4.25. The average molecular weight is 261 g/mol. The van der Waals surface area contributed by atoms with Crippen LogP contribution in [0.15, 0.2) is 35.4 Å². The zero-order chi connectivity index (χ0) is 13.0. The minimum Gasteiger partial charge on any atom is -0.326 e. The number of rotatable bonds is 5. The highest BCUT2D eigenvalue weighted by Gasteiger charge is 2.05. The van der Waals surface area contributed by atoms with Crippen molar-refractivity contribution in [2.24, 2.45) is 0 Å². The van der Waals surface area contributed by atoms with Gasteiger partial charge in [0.05, 0.1) is 5.69 Å². The number of hydrogen-bond acceptors (Lipinski definition) is 3. The van der Waals surface area contributed by atoms with Gasteiger partial charge in [-0.15, -0.1) is 11.8 Å². The highest BCUT2D eigenvalue weighted by molar-refractivity contribution is 7.98. The molecular weight excluding hydrogens is 242 g/mol. The summed E-state index contributed by atoms with van der Waals surface area (Å²) in [6.07, 6.45) is 5.28. The molecule has 1 N–H and O–H groups in total. The Morgan fingerprint density at radius 1 is 1.28 bits per heavy atom. The fourth-order valence-electron chi connectivity index (χ4n) is 1.86. The summed E-state index contributed by atoms with van der Waals surface area (Å²) in [5.74, 6) is 0.922. The first-order chi connectivity index (χ1) is 8.72. The minimum absolute atomic E-state index is 0.922. The molecule has 0 aliphatic carbocycles. The van der Waals surface area contributed by atoms with Gasteiger partial charge in [0, 0.05) is 23.3 Å². The van der Waals surface area contributed by atoms with Gasteiger partial charge in [-0.2, -0.15) is 0 Å². The predicted octanol–water partition coefficient (Wildman–Crippen LogP) is 4.07. The fraction of sp³-hybridized carbons (Fsp3) is 0.357. The Labute approximate surface area is 113 Å². The maximum atomic E-state index is 4.51. The largest absolute Gasteiger partial charge is 0.326 e. The van der Waals surface area contributed by atoms with Gasteiger partial charge in [0.15, 0.2) is 0 Å². The number of aryl methyl sites for hydroxylation is 2. The number of anilines is 2. The van der Waals surface area contributed by atoms with E-state index >= 15 is 0 Å². The van der Waals surface area contributed by atoms with Gasteiger partial charge in [-0.1, -0.05) is 6.92 Å². The third-order valence-electron chi connectivity index (χ3n) is 2.71. The fourth-order valence-corrected chi connectivity index (χ4v) is 2.27. The summed E-state index contributed by atoms with van der Waals surface area (Å²) >= 11 is 1.75. The zero-order valence-corrected chi connectivity index (χ0v) is 11.9. The number of aromatic nitrogens is 2. The van der Waals surface area contributed by atoms with Crippen molar-refractivity contribution in [1.82, 2.24) is 9.55 Å². The molecule has 0 saturated heterocycles. The van der Waals surface area contributed by atoms with Gasteiger partial charge in [-0.05, 0) is 43.9 Å². The van der Waals surface area contributed by atoms with Crippen LogP contribution in [0.3, 0.4) is 0 Å². The Morgan fingerprint density at radius 3 is 2.61 bits per heavy atom. The zero-order valence-electron chi connectivity index (χ0n) is 11.1. The molecule has 0 spiro atoms. The van der Waals surface area contributed by atoms with E-state index in [1.54, 1.807) is 11.8 Å². The molecule has 4 heteroatoms. The molecule has 0 saturated carbocycles. The Morgan fingerprint density at radius 2 is 2.00 bits per heavy atom. The third-order valence-corrected chi connectivity index (χ3v) is 3.45. The van der Waals surface area contributed by atoms with Gasteiger partial charge in [0.1, 0.15) is 0 Å². The molecular formula is C14H19N3S. The van der Waals surface area contributed by atoms with Crippen molar-refractivity contribution in [3.05, 3.63) is 36.2 Å². The highest BCUT2D eigenvalue weighted by atomic mass is 32.2. The van der Waals surface area contributed by atoms with Gasteiger partial charge in [-0.3, -0.25) is 0 Å². The normalized spacial score (nSPS) is 10.6. The Bertz CT molecular complexity index is 502. The molecule has 2 rings (SSSR count). The molecule has 18 heavy (non-hydrogen) atoms. The maximum absolute atomic E-state index is 4.51. The van der Waals surface area contributed by atoms with E-state index in [-0.39, 0.29) is 0 Å². The molecule has 0 unspecified atom stereocenters. The smallest absolute Gasteiger partial charge is 0.207 e. The molecule has 0 aliphatic rings. The Balaban J connectivity index is 2.16. The van der Waals surface area contributed by atoms with Gasteiger partial charge in [0.2, 0.25) is 5.95 Å². The van der Waals surface area contributed by atoms with Gasteiger partial charge in [0.25, 0.3) is 0 Å². The van der Waals surface area contributed by atoms with Crippen LogP contribution >= 0.6 is 11.8 Å². The van der Waals surface area contributed by atoms with Crippen LogP contribution in [0.25, 0.3) is 0 Å². The molecule has 0 fully saturated rings. The van der Waals surface area contributed by atoms with Crippen LogP contribution in [0, 0.1) is 6.92 Å². The first kappa shape index (κ1) is 13.0. The Hall–Kier alpha value is -1.42. The monoisotopic (exact) mass is 261 g/mol. The second-order valence-corrected chi connectivity index (χ2v) is 5.13. The molecule has 0 bridgehead atoms. The number of hydrogen-bond donors (Lipinski definition) is 1. The SMILES string of the molecule is CCCn1cc(C)nc1Nc1ccc(SC)cc1. The molecule has 0 aliphatic heterocycles. The molecule has 96 valence electrons. The third kappa shape index (κ3) is 3.07. The van der Waals surface area contributed by atoms with Crippen LogP contribution in [0.4, 0.5) is 11.6 Å². The predicted molar refractivity (Wildman–Crippen MR) is 78.8 cm³/mol. The van der Waals surface area contributed by atoms with E-state index in [9.17, 15) is 0 Å². The van der Waals surface area contributed by atoms with E-state index in [0.29, 0.717) is 0 Å². The molecule has 2 aromatic rings. The van der Waals surface area contributed by atoms with Crippen LogP contribution < -0.4 is 5.32 Å². The van der Waals surface area contributed by atoms with Crippen molar-refractivity contribution in [2.75, 3.05) is 11.6 Å². The molecule has 0 radical (unpaired) electrons. The van der Waals surface area contributed by atoms with E-state index in [0.717, 1.165) is 30.3 Å². The lowest BCUT2D eigenvalue weighted by Crippen LogP contribution is -2.02. The summed E-state index contributed by atoms with van der Waals surface area (Å²) in [5, 5.41) is 3.37. The molecule has 1 heterocycles. The first-order valence-electron chi connectivity index (χ1n) is 6.17. The number of benzene rings is 1. The van der Waals surface area contributed by atoms with Crippen LogP contribution in [0.1, 0.15) is 19.0 Å². The van der Waals surface area contributed by atoms with Gasteiger partial charge in [-0.25, -0.2) is 4.98 Å². The second kappa shape index (κ2) is 5.96. The number of nitrogens with zero attached hydrogens (tertiary/aromatic N) is 2. The van der Waals surface area contributed by atoms with Crippen LogP contribution in [-0.4, -0.2) is 15.8 Å². The van der Waals surface area contributed by atoms with E-state index in [1.807, 2.05) is 6.92 Å². The lowest BCUT2D eigenvalue weighted by molar-refractivity contribution is 0.686. The van der Waals surface area contributed by atoms with Crippen molar-refractivity contribution in [1.29, 1.82) is 0 Å². The van der Waals surface area contributed by atoms with E-state index < -0.39 is 0 Å². The molecule has 0 atom stereocenters. The summed E-state index contributed by atoms with van der Waals surface area (Å²) < 4.78 is 2.16. The van der Waals surface area contributed by atoms with Crippen LogP contribution in [0.5, 0.6) is 0 Å². The van der Waals surface area contributed by atoms with E-state index in [2.05, 4.69) is 58.5 Å². The van der Waals surface area contributed by atoms with Crippen molar-refractivity contribution in [2.45, 2.75) is 31.7 Å². The standard InChI is InChI=1S/C14H19N3S/c1-4-9-17-10-11(2)15-14(17)16-12-5-7-13(18-3)8-6-12/h5-8,10H,4,9H2,1-3H3,(H,15,16). The van der Waals surface area contributed by atoms with E-state index in [4.69, 9.17) is 0 Å². The molecule has 1 aromatic carbocycles. The Kier molecular flexibility index (Phi) is 4.31. The maximum Gasteiger partial charge on any atom is 0.207 e. The lowest BCUT2D eigenvalue weighted by Gasteiger charge is -2.09. The first-order valence-corrected chi connectivity index (χ1v) is 7.40. The summed E-state index contributed by atoms with van der Waals surface area (Å²) in [6.45, 7) is 5.19. The van der Waals surface area contributed by atoms with Crippen molar-refractivity contribution < 1.29 is 0 Å². The number of imidazole rings is 1. The quantitative estimate of drug-likeness (QED) is 0.823. The number of thioether (sulfide) groups is 1. The number of nitrogens with one attached hydrogen (secondary N) is 1. The van der Waals surface area contributed by atoms with E-state index in [1.165, 1.54) is 4.90 Å². The van der Waals surface area contributed by atoms with Gasteiger partial charge < -0.3 is 9.88 Å². The van der Waals surface area contributed by atoms with Crippen LogP contribution in [-0.2, 0) is 6.54 Å². The summed E-state index contributed by atoms with van der Waals surface area (Å²) in [5.41, 5.74) is 2.13. The minimum atomic E-state index is 0.922. The summed E-state index contributed by atoms with van der Waals surface area (Å²) in [6, 6.07) is 8.41. The summed E-state index contributed by atoms with van der Waals surface area (Å²) in [7, 11) is 0.